The highest BCUT2D eigenvalue weighted by Gasteiger charge is 2.12. The molecule has 0 radical (unpaired) electrons. The van der Waals surface area contributed by atoms with Gasteiger partial charge in [0.25, 0.3) is 0 Å². The molecule has 0 aliphatic carbocycles. The zero-order valence-corrected chi connectivity index (χ0v) is 6.09. The van der Waals surface area contributed by atoms with Crippen molar-refractivity contribution in [1.82, 2.24) is 5.48 Å². The smallest absolute Gasteiger partial charge is 0.399 e. The van der Waals surface area contributed by atoms with E-state index in [1.165, 1.54) is 0 Å². The third-order valence-electron chi connectivity index (χ3n) is 0.737. The molecule has 0 saturated heterocycles. The van der Waals surface area contributed by atoms with Crippen LogP contribution in [0.1, 0.15) is 6.92 Å². The summed E-state index contributed by atoms with van der Waals surface area (Å²) in [5, 5.41) is 7.95. The standard InChI is InChI=1S/C6H9NO4/c1-4(2)3-11-6(9)5(8)7-10/h10H,1,3H2,2H3,(H,7,8). The first-order valence-electron chi connectivity index (χ1n) is 2.83. The van der Waals surface area contributed by atoms with E-state index >= 15 is 0 Å². The fourth-order valence-corrected chi connectivity index (χ4v) is 0.300. The number of hydroxylamine groups is 1. The van der Waals surface area contributed by atoms with Crippen molar-refractivity contribution in [3.8, 4) is 0 Å². The zero-order chi connectivity index (χ0) is 8.85. The molecule has 11 heavy (non-hydrogen) atoms. The molecular formula is C6H9NO4. The van der Waals surface area contributed by atoms with Crippen LogP contribution in [0, 0.1) is 0 Å². The monoisotopic (exact) mass is 159 g/mol. The van der Waals surface area contributed by atoms with Gasteiger partial charge in [-0.05, 0) is 12.5 Å². The summed E-state index contributed by atoms with van der Waals surface area (Å²) < 4.78 is 4.35. The van der Waals surface area contributed by atoms with Gasteiger partial charge in [-0.15, -0.1) is 0 Å². The van der Waals surface area contributed by atoms with E-state index in [0.717, 1.165) is 5.48 Å². The second-order valence-corrected chi connectivity index (χ2v) is 1.97. The molecule has 0 aromatic rings. The van der Waals surface area contributed by atoms with Crippen LogP contribution in [0.25, 0.3) is 0 Å². The molecule has 5 nitrogen and oxygen atoms in total. The molecule has 0 aromatic heterocycles. The highest BCUT2D eigenvalue weighted by Crippen LogP contribution is 1.88. The molecule has 0 heterocycles. The Kier molecular flexibility index (Phi) is 3.90. The van der Waals surface area contributed by atoms with Gasteiger partial charge in [0.1, 0.15) is 6.61 Å². The van der Waals surface area contributed by atoms with E-state index in [0.29, 0.717) is 5.57 Å². The van der Waals surface area contributed by atoms with Crippen molar-refractivity contribution in [3.05, 3.63) is 12.2 Å². The van der Waals surface area contributed by atoms with Crippen molar-refractivity contribution >= 4 is 11.9 Å². The summed E-state index contributed by atoms with van der Waals surface area (Å²) >= 11 is 0. The first-order valence-corrected chi connectivity index (χ1v) is 2.83. The molecule has 0 spiro atoms. The predicted molar refractivity (Wildman–Crippen MR) is 35.7 cm³/mol. The summed E-state index contributed by atoms with van der Waals surface area (Å²) in [6.45, 7) is 5.06. The lowest BCUT2D eigenvalue weighted by atomic mass is 10.4. The third-order valence-corrected chi connectivity index (χ3v) is 0.737. The molecule has 0 aliphatic heterocycles. The van der Waals surface area contributed by atoms with E-state index < -0.39 is 11.9 Å². The Morgan fingerprint density at radius 1 is 1.64 bits per heavy atom. The molecule has 0 bridgehead atoms. The van der Waals surface area contributed by atoms with E-state index in [-0.39, 0.29) is 6.61 Å². The van der Waals surface area contributed by atoms with E-state index in [9.17, 15) is 9.59 Å². The van der Waals surface area contributed by atoms with Gasteiger partial charge in [-0.1, -0.05) is 6.58 Å². The van der Waals surface area contributed by atoms with Crippen molar-refractivity contribution in [3.63, 3.8) is 0 Å². The lowest BCUT2D eigenvalue weighted by molar-refractivity contribution is -0.158. The number of carbonyl (C=O) groups excluding carboxylic acids is 2. The Balaban J connectivity index is 3.70. The van der Waals surface area contributed by atoms with Crippen LogP contribution in [0.3, 0.4) is 0 Å². The average Bonchev–Trinajstić information content (AvgIpc) is 1.98. The second-order valence-electron chi connectivity index (χ2n) is 1.97. The molecule has 0 rings (SSSR count). The minimum atomic E-state index is -1.19. The van der Waals surface area contributed by atoms with Crippen LogP contribution >= 0.6 is 0 Å². The highest BCUT2D eigenvalue weighted by atomic mass is 16.6. The lowest BCUT2D eigenvalue weighted by Gasteiger charge is -2.00. The Morgan fingerprint density at radius 3 is 2.55 bits per heavy atom. The van der Waals surface area contributed by atoms with Crippen LogP contribution in [-0.4, -0.2) is 23.7 Å². The molecule has 0 fully saturated rings. The van der Waals surface area contributed by atoms with Crippen LogP contribution in [0.2, 0.25) is 0 Å². The topological polar surface area (TPSA) is 75.6 Å². The second kappa shape index (κ2) is 4.45. The maximum absolute atomic E-state index is 10.4. The van der Waals surface area contributed by atoms with Gasteiger partial charge in [0, 0.05) is 0 Å². The van der Waals surface area contributed by atoms with Crippen LogP contribution in [0.4, 0.5) is 0 Å². The average molecular weight is 159 g/mol. The van der Waals surface area contributed by atoms with Crippen LogP contribution in [-0.2, 0) is 14.3 Å². The number of nitrogens with one attached hydrogen (secondary N) is 1. The summed E-state index contributed by atoms with van der Waals surface area (Å²) in [5.41, 5.74) is 1.76. The van der Waals surface area contributed by atoms with E-state index in [1.54, 1.807) is 6.92 Å². The number of hydrogen-bond donors (Lipinski definition) is 2. The van der Waals surface area contributed by atoms with Gasteiger partial charge in [0.2, 0.25) is 0 Å². The van der Waals surface area contributed by atoms with Gasteiger partial charge in [-0.25, -0.2) is 10.3 Å². The Labute approximate surface area is 63.6 Å². The number of ether oxygens (including phenoxy) is 1. The molecular weight excluding hydrogens is 150 g/mol. The summed E-state index contributed by atoms with van der Waals surface area (Å²) in [4.78, 5) is 20.7. The van der Waals surface area contributed by atoms with Crippen molar-refractivity contribution in [2.75, 3.05) is 6.61 Å². The molecule has 0 saturated carbocycles. The minimum Gasteiger partial charge on any atom is -0.454 e. The van der Waals surface area contributed by atoms with E-state index in [4.69, 9.17) is 5.21 Å². The van der Waals surface area contributed by atoms with E-state index in [2.05, 4.69) is 11.3 Å². The number of rotatable bonds is 2. The first-order chi connectivity index (χ1) is 5.07. The van der Waals surface area contributed by atoms with Gasteiger partial charge in [-0.2, -0.15) is 0 Å². The summed E-state index contributed by atoms with van der Waals surface area (Å²) in [6.07, 6.45) is 0. The van der Waals surface area contributed by atoms with E-state index in [1.807, 2.05) is 0 Å². The zero-order valence-electron chi connectivity index (χ0n) is 6.09. The fourth-order valence-electron chi connectivity index (χ4n) is 0.300. The predicted octanol–water partition coefficient (Wildman–Crippen LogP) is -0.389. The van der Waals surface area contributed by atoms with Gasteiger partial charge in [0.05, 0.1) is 0 Å². The summed E-state index contributed by atoms with van der Waals surface area (Å²) in [6, 6.07) is 0. The largest absolute Gasteiger partial charge is 0.454 e. The SMILES string of the molecule is C=C(C)COC(=O)C(=O)NO. The van der Waals surface area contributed by atoms with Gasteiger partial charge >= 0.3 is 11.9 Å². The minimum absolute atomic E-state index is 0.0216. The Bertz CT molecular complexity index is 187. The quantitative estimate of drug-likeness (QED) is 0.189. The third kappa shape index (κ3) is 4.10. The van der Waals surface area contributed by atoms with Crippen LogP contribution in [0.5, 0.6) is 0 Å². The fraction of sp³-hybridized carbons (Fsp3) is 0.333. The number of carbonyl (C=O) groups is 2. The van der Waals surface area contributed by atoms with Crippen molar-refractivity contribution < 1.29 is 19.5 Å². The molecule has 0 unspecified atom stereocenters. The molecule has 5 heteroatoms. The summed E-state index contributed by atoms with van der Waals surface area (Å²) in [7, 11) is 0. The number of hydrogen-bond acceptors (Lipinski definition) is 4. The Hall–Kier alpha value is -1.36. The van der Waals surface area contributed by atoms with Crippen molar-refractivity contribution in [1.29, 1.82) is 0 Å². The van der Waals surface area contributed by atoms with Crippen molar-refractivity contribution in [2.24, 2.45) is 0 Å². The Morgan fingerprint density at radius 2 is 2.18 bits per heavy atom. The summed E-state index contributed by atoms with van der Waals surface area (Å²) in [5.74, 6) is -2.32. The van der Waals surface area contributed by atoms with Crippen LogP contribution in [0.15, 0.2) is 12.2 Å². The maximum atomic E-state index is 10.4. The van der Waals surface area contributed by atoms with Crippen molar-refractivity contribution in [2.45, 2.75) is 6.92 Å². The number of amides is 1. The van der Waals surface area contributed by atoms with Gasteiger partial charge in [-0.3, -0.25) is 10.0 Å². The molecule has 1 amide bonds. The molecule has 0 aromatic carbocycles. The molecule has 0 aliphatic rings. The lowest BCUT2D eigenvalue weighted by Crippen LogP contribution is -2.30. The molecule has 2 N–H and O–H groups in total. The number of esters is 1. The molecule has 62 valence electrons. The molecule has 0 atom stereocenters. The van der Waals surface area contributed by atoms with Gasteiger partial charge < -0.3 is 4.74 Å². The highest BCUT2D eigenvalue weighted by molar-refractivity contribution is 6.32. The normalized spacial score (nSPS) is 8.55. The van der Waals surface area contributed by atoms with Crippen LogP contribution < -0.4 is 5.48 Å². The van der Waals surface area contributed by atoms with Gasteiger partial charge in [0.15, 0.2) is 0 Å². The first kappa shape index (κ1) is 9.64. The maximum Gasteiger partial charge on any atom is 0.399 e.